The summed E-state index contributed by atoms with van der Waals surface area (Å²) in [5.41, 5.74) is 3.46. The van der Waals surface area contributed by atoms with Crippen molar-refractivity contribution in [3.8, 4) is 17.2 Å². The SMILES string of the molecule is CCCCc1cn(-c2c(C)ccn2C)c(=O)n1CC1(c2cccc(-c3nn[nH]n3)c2)C=CNC=C1. The minimum absolute atomic E-state index is 0.0324. The Hall–Kier alpha value is -4.14. The number of H-pyrrole nitrogens is 1. The van der Waals surface area contributed by atoms with Crippen LogP contribution in [-0.2, 0) is 25.4 Å². The maximum atomic E-state index is 13.9. The Kier molecular flexibility index (Phi) is 5.98. The van der Waals surface area contributed by atoms with E-state index in [9.17, 15) is 4.79 Å². The highest BCUT2D eigenvalue weighted by Gasteiger charge is 2.31. The molecule has 3 aromatic heterocycles. The fourth-order valence-corrected chi connectivity index (χ4v) is 4.80. The van der Waals surface area contributed by atoms with Crippen LogP contribution in [0.4, 0.5) is 0 Å². The summed E-state index contributed by atoms with van der Waals surface area (Å²) in [5, 5.41) is 17.6. The Labute approximate surface area is 203 Å². The van der Waals surface area contributed by atoms with Gasteiger partial charge in [-0.2, -0.15) is 5.21 Å². The van der Waals surface area contributed by atoms with E-state index >= 15 is 0 Å². The van der Waals surface area contributed by atoms with E-state index in [1.807, 2.05) is 66.1 Å². The largest absolute Gasteiger partial charge is 0.368 e. The molecule has 1 aromatic carbocycles. The van der Waals surface area contributed by atoms with E-state index in [0.29, 0.717) is 12.4 Å². The first-order chi connectivity index (χ1) is 17.0. The van der Waals surface area contributed by atoms with Gasteiger partial charge in [0.25, 0.3) is 0 Å². The highest BCUT2D eigenvalue weighted by Crippen LogP contribution is 2.33. The predicted molar refractivity (Wildman–Crippen MR) is 135 cm³/mol. The summed E-state index contributed by atoms with van der Waals surface area (Å²) >= 11 is 0. The topological polar surface area (TPSA) is 98.4 Å². The van der Waals surface area contributed by atoms with Crippen molar-refractivity contribution in [2.75, 3.05) is 0 Å². The lowest BCUT2D eigenvalue weighted by molar-refractivity contribution is 0.496. The average molecular weight is 471 g/mol. The van der Waals surface area contributed by atoms with Crippen LogP contribution in [0.5, 0.6) is 0 Å². The number of benzene rings is 1. The van der Waals surface area contributed by atoms with Gasteiger partial charge in [0.1, 0.15) is 5.82 Å². The molecule has 0 saturated heterocycles. The Morgan fingerprint density at radius 2 is 1.97 bits per heavy atom. The lowest BCUT2D eigenvalue weighted by Gasteiger charge is -2.31. The average Bonchev–Trinajstić information content (AvgIpc) is 3.60. The second-order valence-electron chi connectivity index (χ2n) is 9.09. The van der Waals surface area contributed by atoms with Gasteiger partial charge >= 0.3 is 5.69 Å². The first-order valence-electron chi connectivity index (χ1n) is 11.9. The summed E-state index contributed by atoms with van der Waals surface area (Å²) in [6.07, 6.45) is 15.0. The smallest absolute Gasteiger partial charge is 0.334 e. The van der Waals surface area contributed by atoms with Crippen LogP contribution in [0.25, 0.3) is 17.2 Å². The van der Waals surface area contributed by atoms with Gasteiger partial charge < -0.3 is 9.88 Å². The van der Waals surface area contributed by atoms with Gasteiger partial charge in [-0.05, 0) is 60.6 Å². The molecule has 1 aliphatic heterocycles. The Morgan fingerprint density at radius 1 is 1.14 bits per heavy atom. The van der Waals surface area contributed by atoms with Gasteiger partial charge in [-0.15, -0.1) is 10.2 Å². The molecule has 0 fully saturated rings. The van der Waals surface area contributed by atoms with Crippen molar-refractivity contribution in [2.24, 2.45) is 7.05 Å². The summed E-state index contributed by atoms with van der Waals surface area (Å²) in [7, 11) is 1.97. The summed E-state index contributed by atoms with van der Waals surface area (Å²) in [6.45, 7) is 4.68. The van der Waals surface area contributed by atoms with Crippen LogP contribution in [0.15, 0.2) is 72.1 Å². The van der Waals surface area contributed by atoms with Crippen LogP contribution in [-0.4, -0.2) is 34.3 Å². The van der Waals surface area contributed by atoms with Crippen LogP contribution in [0.3, 0.4) is 0 Å². The van der Waals surface area contributed by atoms with Gasteiger partial charge in [-0.3, -0.25) is 9.13 Å². The molecular weight excluding hydrogens is 440 g/mol. The predicted octanol–water partition coefficient (Wildman–Crippen LogP) is 3.38. The first-order valence-corrected chi connectivity index (χ1v) is 11.9. The number of hydrogen-bond donors (Lipinski definition) is 2. The van der Waals surface area contributed by atoms with E-state index in [1.165, 1.54) is 0 Å². The molecule has 9 nitrogen and oxygen atoms in total. The first kappa shape index (κ1) is 22.6. The Balaban J connectivity index is 1.63. The molecule has 35 heavy (non-hydrogen) atoms. The number of aromatic amines is 1. The number of aryl methyl sites for hydroxylation is 3. The molecule has 5 rings (SSSR count). The van der Waals surface area contributed by atoms with Gasteiger partial charge in [0.05, 0.1) is 5.41 Å². The summed E-state index contributed by atoms with van der Waals surface area (Å²) in [4.78, 5) is 13.9. The monoisotopic (exact) mass is 470 g/mol. The van der Waals surface area contributed by atoms with Crippen molar-refractivity contribution >= 4 is 0 Å². The minimum atomic E-state index is -0.523. The molecule has 9 heteroatoms. The molecule has 0 bridgehead atoms. The van der Waals surface area contributed by atoms with Crippen molar-refractivity contribution in [1.82, 2.24) is 39.6 Å². The number of aromatic nitrogens is 7. The van der Waals surface area contributed by atoms with E-state index in [-0.39, 0.29) is 5.69 Å². The zero-order chi connectivity index (χ0) is 24.4. The van der Waals surface area contributed by atoms with Crippen molar-refractivity contribution < 1.29 is 0 Å². The lowest BCUT2D eigenvalue weighted by Crippen LogP contribution is -2.36. The molecule has 0 radical (unpaired) electrons. The van der Waals surface area contributed by atoms with E-state index in [0.717, 1.165) is 47.5 Å². The Bertz CT molecular complexity index is 1400. The third kappa shape index (κ3) is 4.14. The number of nitrogens with one attached hydrogen (secondary N) is 2. The van der Waals surface area contributed by atoms with E-state index in [1.54, 1.807) is 4.57 Å². The molecule has 0 spiro atoms. The van der Waals surface area contributed by atoms with Crippen molar-refractivity contribution in [3.63, 3.8) is 0 Å². The highest BCUT2D eigenvalue weighted by atomic mass is 16.1. The minimum Gasteiger partial charge on any atom is -0.368 e. The maximum absolute atomic E-state index is 13.9. The second-order valence-corrected chi connectivity index (χ2v) is 9.09. The number of allylic oxidation sites excluding steroid dienone is 2. The fraction of sp³-hybridized carbons (Fsp3) is 0.308. The molecular formula is C26H30N8O. The van der Waals surface area contributed by atoms with E-state index < -0.39 is 5.41 Å². The van der Waals surface area contributed by atoms with Crippen LogP contribution in [0, 0.1) is 6.92 Å². The maximum Gasteiger partial charge on any atom is 0.334 e. The van der Waals surface area contributed by atoms with Crippen molar-refractivity contribution in [3.05, 3.63) is 94.6 Å². The quantitative estimate of drug-likeness (QED) is 0.411. The van der Waals surface area contributed by atoms with Crippen LogP contribution in [0.1, 0.15) is 36.6 Å². The molecule has 0 amide bonds. The summed E-state index contributed by atoms with van der Waals surface area (Å²) in [6, 6.07) is 10.1. The third-order valence-electron chi connectivity index (χ3n) is 6.69. The molecule has 0 unspecified atom stereocenters. The van der Waals surface area contributed by atoms with Crippen LogP contribution < -0.4 is 11.0 Å². The third-order valence-corrected chi connectivity index (χ3v) is 6.69. The van der Waals surface area contributed by atoms with Crippen molar-refractivity contribution in [1.29, 1.82) is 0 Å². The number of imidazole rings is 1. The van der Waals surface area contributed by atoms with E-state index in [4.69, 9.17) is 0 Å². The zero-order valence-corrected chi connectivity index (χ0v) is 20.3. The number of tetrazole rings is 1. The molecule has 0 atom stereocenters. The molecule has 1 aliphatic rings. The zero-order valence-electron chi connectivity index (χ0n) is 20.3. The molecule has 4 heterocycles. The van der Waals surface area contributed by atoms with Gasteiger partial charge in [-0.1, -0.05) is 43.7 Å². The molecule has 0 aliphatic carbocycles. The summed E-state index contributed by atoms with van der Waals surface area (Å²) in [5.74, 6) is 1.44. The molecule has 2 N–H and O–H groups in total. The molecule has 180 valence electrons. The molecule has 4 aromatic rings. The Morgan fingerprint density at radius 3 is 2.66 bits per heavy atom. The van der Waals surface area contributed by atoms with Gasteiger partial charge in [0.2, 0.25) is 5.82 Å². The highest BCUT2D eigenvalue weighted by molar-refractivity contribution is 5.57. The van der Waals surface area contributed by atoms with Crippen molar-refractivity contribution in [2.45, 2.75) is 45.1 Å². The second kappa shape index (κ2) is 9.25. The number of unbranched alkanes of at least 4 members (excludes halogenated alkanes) is 1. The number of rotatable bonds is 8. The normalized spacial score (nSPS) is 14.4. The van der Waals surface area contributed by atoms with E-state index in [2.05, 4.69) is 57.1 Å². The number of nitrogens with zero attached hydrogens (tertiary/aromatic N) is 6. The lowest BCUT2D eigenvalue weighted by atomic mass is 9.78. The van der Waals surface area contributed by atoms with Gasteiger partial charge in [0, 0.05) is 37.2 Å². The van der Waals surface area contributed by atoms with Gasteiger partial charge in [-0.25, -0.2) is 4.79 Å². The van der Waals surface area contributed by atoms with Gasteiger partial charge in [0.15, 0.2) is 0 Å². The number of dihydropyridines is 1. The van der Waals surface area contributed by atoms with Crippen LogP contribution in [0.2, 0.25) is 0 Å². The standard InChI is InChI=1S/C26H30N8O/c1-4-5-9-22-17-33(24-19(2)10-15-32(24)3)25(35)34(22)18-26(11-13-27-14-12-26)21-8-6-7-20(16-21)23-28-30-31-29-23/h6-8,10-17,27H,4-5,9,18H2,1-3H3,(H,28,29,30,31). The fourth-order valence-electron chi connectivity index (χ4n) is 4.80. The molecule has 0 saturated carbocycles. The number of hydrogen-bond acceptors (Lipinski definition) is 5. The van der Waals surface area contributed by atoms with Crippen LogP contribution >= 0.6 is 0 Å². The summed E-state index contributed by atoms with van der Waals surface area (Å²) < 4.78 is 5.72.